The van der Waals surface area contributed by atoms with E-state index in [9.17, 15) is 8.42 Å². The molecule has 110 valence electrons. The molecule has 0 aliphatic heterocycles. The predicted molar refractivity (Wildman–Crippen MR) is 81.6 cm³/mol. The van der Waals surface area contributed by atoms with Crippen LogP contribution in [-0.4, -0.2) is 13.4 Å². The number of halogens is 1. The third-order valence-corrected chi connectivity index (χ3v) is 5.65. The van der Waals surface area contributed by atoms with Crippen molar-refractivity contribution in [3.05, 3.63) is 45.4 Å². The lowest BCUT2D eigenvalue weighted by molar-refractivity contribution is 0.549. The molecule has 0 radical (unpaired) electrons. The summed E-state index contributed by atoms with van der Waals surface area (Å²) in [7, 11) is -3.78. The third-order valence-electron chi connectivity index (χ3n) is 2.81. The van der Waals surface area contributed by atoms with Crippen molar-refractivity contribution in [2.75, 3.05) is 0 Å². The summed E-state index contributed by atoms with van der Waals surface area (Å²) in [5.74, 6) is 0. The zero-order chi connectivity index (χ0) is 15.5. The maximum atomic E-state index is 12.4. The number of rotatable bonds is 5. The van der Waals surface area contributed by atoms with E-state index >= 15 is 0 Å². The smallest absolute Gasteiger partial charge is 0.242 e. The molecule has 21 heavy (non-hydrogen) atoms. The Kier molecular flexibility index (Phi) is 4.96. The Morgan fingerprint density at radius 3 is 2.81 bits per heavy atom. The highest BCUT2D eigenvalue weighted by atomic mass is 35.5. The first-order chi connectivity index (χ1) is 9.97. The number of hydrogen-bond acceptors (Lipinski definition) is 5. The SMILES string of the molecule is CCC(NS(=O)(=O)c1ccc(C#N)cc1Cl)c1nccs1. The fourth-order valence-corrected chi connectivity index (χ4v) is 4.43. The molecule has 1 aromatic heterocycles. The molecule has 1 N–H and O–H groups in total. The van der Waals surface area contributed by atoms with Crippen LogP contribution in [0.2, 0.25) is 5.02 Å². The molecular formula is C13H12ClN3O2S2. The summed E-state index contributed by atoms with van der Waals surface area (Å²) < 4.78 is 27.4. The maximum absolute atomic E-state index is 12.4. The van der Waals surface area contributed by atoms with Gasteiger partial charge in [0.05, 0.1) is 22.7 Å². The van der Waals surface area contributed by atoms with E-state index in [1.54, 1.807) is 11.6 Å². The third kappa shape index (κ3) is 3.60. The lowest BCUT2D eigenvalue weighted by Crippen LogP contribution is -2.28. The molecule has 1 atom stereocenters. The van der Waals surface area contributed by atoms with Crippen LogP contribution < -0.4 is 4.72 Å². The first kappa shape index (κ1) is 15.9. The van der Waals surface area contributed by atoms with Crippen molar-refractivity contribution >= 4 is 33.0 Å². The molecule has 0 spiro atoms. The molecule has 1 aromatic carbocycles. The van der Waals surface area contributed by atoms with Gasteiger partial charge in [0.25, 0.3) is 0 Å². The Labute approximate surface area is 132 Å². The van der Waals surface area contributed by atoms with Crippen LogP contribution in [0, 0.1) is 11.3 Å². The van der Waals surface area contributed by atoms with E-state index in [1.165, 1.54) is 29.5 Å². The number of aromatic nitrogens is 1. The largest absolute Gasteiger partial charge is 0.248 e. The molecule has 0 fully saturated rings. The Morgan fingerprint density at radius 1 is 1.52 bits per heavy atom. The fourth-order valence-electron chi connectivity index (χ4n) is 1.75. The van der Waals surface area contributed by atoms with Gasteiger partial charge in [-0.15, -0.1) is 11.3 Å². The van der Waals surface area contributed by atoms with E-state index < -0.39 is 16.1 Å². The monoisotopic (exact) mass is 341 g/mol. The highest BCUT2D eigenvalue weighted by Gasteiger charge is 2.24. The summed E-state index contributed by atoms with van der Waals surface area (Å²) in [5.41, 5.74) is 0.311. The molecule has 0 amide bonds. The van der Waals surface area contributed by atoms with Crippen molar-refractivity contribution in [2.45, 2.75) is 24.3 Å². The Morgan fingerprint density at radius 2 is 2.29 bits per heavy atom. The van der Waals surface area contributed by atoms with E-state index in [4.69, 9.17) is 16.9 Å². The van der Waals surface area contributed by atoms with Gasteiger partial charge < -0.3 is 0 Å². The second kappa shape index (κ2) is 6.54. The molecule has 1 heterocycles. The Hall–Kier alpha value is -1.46. The highest BCUT2D eigenvalue weighted by molar-refractivity contribution is 7.89. The van der Waals surface area contributed by atoms with Crippen molar-refractivity contribution in [3.8, 4) is 6.07 Å². The van der Waals surface area contributed by atoms with Crippen molar-refractivity contribution in [2.24, 2.45) is 0 Å². The van der Waals surface area contributed by atoms with Gasteiger partial charge in [0.15, 0.2) is 0 Å². The van der Waals surface area contributed by atoms with Crippen molar-refractivity contribution in [1.29, 1.82) is 5.26 Å². The van der Waals surface area contributed by atoms with Crippen molar-refractivity contribution in [3.63, 3.8) is 0 Å². The molecule has 0 bridgehead atoms. The average Bonchev–Trinajstić information content (AvgIpc) is 2.98. The van der Waals surface area contributed by atoms with Crippen LogP contribution in [-0.2, 0) is 10.0 Å². The molecule has 0 aliphatic carbocycles. The Bertz CT molecular complexity index is 767. The number of sulfonamides is 1. The molecular weight excluding hydrogens is 330 g/mol. The number of hydrogen-bond donors (Lipinski definition) is 1. The van der Waals surface area contributed by atoms with Gasteiger partial charge in [-0.05, 0) is 24.6 Å². The summed E-state index contributed by atoms with van der Waals surface area (Å²) >= 11 is 7.35. The molecule has 0 saturated heterocycles. The molecule has 2 aromatic rings. The number of benzene rings is 1. The number of nitrogens with one attached hydrogen (secondary N) is 1. The number of nitrogens with zero attached hydrogens (tertiary/aromatic N) is 2. The highest BCUT2D eigenvalue weighted by Crippen LogP contribution is 2.26. The second-order valence-corrected chi connectivity index (χ2v) is 7.23. The van der Waals surface area contributed by atoms with Crippen molar-refractivity contribution in [1.82, 2.24) is 9.71 Å². The van der Waals surface area contributed by atoms with Gasteiger partial charge in [0.1, 0.15) is 9.90 Å². The van der Waals surface area contributed by atoms with E-state index in [0.29, 0.717) is 17.0 Å². The van der Waals surface area contributed by atoms with E-state index in [2.05, 4.69) is 9.71 Å². The van der Waals surface area contributed by atoms with Crippen LogP contribution in [0.3, 0.4) is 0 Å². The van der Waals surface area contributed by atoms with Crippen LogP contribution in [0.15, 0.2) is 34.7 Å². The Balaban J connectivity index is 2.32. The quantitative estimate of drug-likeness (QED) is 0.905. The van der Waals surface area contributed by atoms with Gasteiger partial charge in [-0.25, -0.2) is 18.1 Å². The number of nitriles is 1. The molecule has 1 unspecified atom stereocenters. The minimum atomic E-state index is -3.78. The first-order valence-corrected chi connectivity index (χ1v) is 8.83. The van der Waals surface area contributed by atoms with Crippen LogP contribution >= 0.6 is 22.9 Å². The summed E-state index contributed by atoms with van der Waals surface area (Å²) in [6.45, 7) is 1.87. The molecule has 0 aliphatic rings. The van der Waals surface area contributed by atoms with Crippen LogP contribution in [0.5, 0.6) is 0 Å². The zero-order valence-electron chi connectivity index (χ0n) is 11.1. The average molecular weight is 342 g/mol. The predicted octanol–water partition coefficient (Wildman–Crippen LogP) is 3.10. The molecule has 2 rings (SSSR count). The second-order valence-electron chi connectivity index (χ2n) is 4.21. The van der Waals surface area contributed by atoms with Gasteiger partial charge >= 0.3 is 0 Å². The topological polar surface area (TPSA) is 82.9 Å². The summed E-state index contributed by atoms with van der Waals surface area (Å²) in [6, 6.07) is 5.60. The van der Waals surface area contributed by atoms with E-state index in [1.807, 2.05) is 13.0 Å². The summed E-state index contributed by atoms with van der Waals surface area (Å²) in [4.78, 5) is 4.09. The van der Waals surface area contributed by atoms with Crippen molar-refractivity contribution < 1.29 is 8.42 Å². The molecule has 8 heteroatoms. The van der Waals surface area contributed by atoms with Crippen LogP contribution in [0.4, 0.5) is 0 Å². The minimum absolute atomic E-state index is 0.0236. The lowest BCUT2D eigenvalue weighted by Gasteiger charge is -2.15. The summed E-state index contributed by atoms with van der Waals surface area (Å²) in [6.07, 6.45) is 2.20. The van der Waals surface area contributed by atoms with Crippen LogP contribution in [0.1, 0.15) is 30.0 Å². The minimum Gasteiger partial charge on any atom is -0.248 e. The van der Waals surface area contributed by atoms with Gasteiger partial charge in [0.2, 0.25) is 10.0 Å². The van der Waals surface area contributed by atoms with Gasteiger partial charge in [-0.3, -0.25) is 0 Å². The zero-order valence-corrected chi connectivity index (χ0v) is 13.5. The molecule has 0 saturated carbocycles. The normalized spacial score (nSPS) is 12.8. The number of thiazole rings is 1. The van der Waals surface area contributed by atoms with Gasteiger partial charge in [-0.1, -0.05) is 18.5 Å². The lowest BCUT2D eigenvalue weighted by atomic mass is 10.2. The van der Waals surface area contributed by atoms with Gasteiger partial charge in [0, 0.05) is 11.6 Å². The van der Waals surface area contributed by atoms with E-state index in [0.717, 1.165) is 0 Å². The van der Waals surface area contributed by atoms with Gasteiger partial charge in [-0.2, -0.15) is 5.26 Å². The summed E-state index contributed by atoms with van der Waals surface area (Å²) in [5, 5.41) is 11.3. The fraction of sp³-hybridized carbons (Fsp3) is 0.231. The first-order valence-electron chi connectivity index (χ1n) is 6.09. The standard InChI is InChI=1S/C13H12ClN3O2S2/c1-2-11(13-16-5-6-20-13)17-21(18,19)12-4-3-9(8-15)7-10(12)14/h3-7,11,17H,2H2,1H3. The van der Waals surface area contributed by atoms with E-state index in [-0.39, 0.29) is 9.92 Å². The maximum Gasteiger partial charge on any atom is 0.242 e. The molecule has 5 nitrogen and oxygen atoms in total. The van der Waals surface area contributed by atoms with Crippen LogP contribution in [0.25, 0.3) is 0 Å².